The van der Waals surface area contributed by atoms with Gasteiger partial charge in [-0.1, -0.05) is 4.98 Å². The fraction of sp³-hybridized carbons (Fsp3) is 0.333. The number of amides is 1. The summed E-state index contributed by atoms with van der Waals surface area (Å²) in [7, 11) is 0. The molecule has 1 N–H and O–H groups in total. The molecule has 0 aliphatic rings. The Balaban J connectivity index is 2.53. The number of carbonyl (C=O) groups excluding carboxylic acids is 1. The lowest BCUT2D eigenvalue weighted by molar-refractivity contribution is -0.396. The molecule has 0 aromatic carbocycles. The number of rotatable bonds is 5. The third kappa shape index (κ3) is 3.09. The topological polar surface area (TPSA) is 90.1 Å². The maximum Gasteiger partial charge on any atom is 0.435 e. The third-order valence-corrected chi connectivity index (χ3v) is 1.76. The Kier molecular flexibility index (Phi) is 4.03. The van der Waals surface area contributed by atoms with Crippen molar-refractivity contribution in [3.63, 3.8) is 0 Å². The Morgan fingerprint density at radius 3 is 3.12 bits per heavy atom. The van der Waals surface area contributed by atoms with Crippen LogP contribution in [0.3, 0.4) is 0 Å². The Labute approximate surface area is 91.6 Å². The quantitative estimate of drug-likeness (QED) is 0.327. The van der Waals surface area contributed by atoms with Crippen molar-refractivity contribution in [3.05, 3.63) is 22.5 Å². The minimum Gasteiger partial charge on any atom is -0.390 e. The van der Waals surface area contributed by atoms with E-state index in [1.807, 2.05) is 0 Å². The van der Waals surface area contributed by atoms with E-state index in [1.165, 1.54) is 12.4 Å². The van der Waals surface area contributed by atoms with Crippen LogP contribution in [-0.4, -0.2) is 26.9 Å². The van der Waals surface area contributed by atoms with E-state index in [0.717, 1.165) is 4.57 Å². The summed E-state index contributed by atoms with van der Waals surface area (Å²) >= 11 is 0. The molecule has 0 atom stereocenters. The van der Waals surface area contributed by atoms with Crippen molar-refractivity contribution in [2.24, 2.45) is 0 Å². The van der Waals surface area contributed by atoms with E-state index in [-0.39, 0.29) is 18.4 Å². The second-order valence-corrected chi connectivity index (χ2v) is 2.92. The van der Waals surface area contributed by atoms with Crippen molar-refractivity contribution in [1.29, 1.82) is 0 Å². The van der Waals surface area contributed by atoms with Gasteiger partial charge < -0.3 is 15.4 Å². The monoisotopic (exact) mass is 222 g/mol. The second-order valence-electron chi connectivity index (χ2n) is 2.92. The lowest BCUT2D eigenvalue weighted by atomic mass is 10.4. The zero-order chi connectivity index (χ0) is 12.0. The van der Waals surface area contributed by atoms with E-state index in [4.69, 9.17) is 6.42 Å². The van der Waals surface area contributed by atoms with E-state index in [1.54, 1.807) is 0 Å². The van der Waals surface area contributed by atoms with Gasteiger partial charge in [-0.25, -0.2) is 4.57 Å². The minimum atomic E-state index is -0.644. The molecule has 16 heavy (non-hydrogen) atoms. The van der Waals surface area contributed by atoms with E-state index < -0.39 is 4.92 Å². The van der Waals surface area contributed by atoms with Crippen molar-refractivity contribution < 1.29 is 9.72 Å². The molecule has 0 spiro atoms. The van der Waals surface area contributed by atoms with Gasteiger partial charge in [-0.05, 0) is 4.92 Å². The van der Waals surface area contributed by atoms with Crippen molar-refractivity contribution in [1.82, 2.24) is 14.9 Å². The lowest BCUT2D eigenvalue weighted by Gasteiger charge is -2.02. The average Bonchev–Trinajstić information content (AvgIpc) is 2.66. The van der Waals surface area contributed by atoms with Gasteiger partial charge in [0.2, 0.25) is 0 Å². The highest BCUT2D eigenvalue weighted by atomic mass is 16.6. The Morgan fingerprint density at radius 2 is 2.50 bits per heavy atom. The van der Waals surface area contributed by atoms with Gasteiger partial charge in [0.15, 0.2) is 6.54 Å². The van der Waals surface area contributed by atoms with Crippen molar-refractivity contribution in [3.8, 4) is 12.3 Å². The highest BCUT2D eigenvalue weighted by molar-refractivity contribution is 5.75. The summed E-state index contributed by atoms with van der Waals surface area (Å²) in [5, 5.41) is 13.0. The number of carbonyl (C=O) groups is 1. The van der Waals surface area contributed by atoms with Crippen LogP contribution in [0.1, 0.15) is 6.42 Å². The predicted molar refractivity (Wildman–Crippen MR) is 55.3 cm³/mol. The third-order valence-electron chi connectivity index (χ3n) is 1.76. The van der Waals surface area contributed by atoms with E-state index in [9.17, 15) is 14.9 Å². The summed E-state index contributed by atoms with van der Waals surface area (Å²) in [6, 6.07) is 0. The van der Waals surface area contributed by atoms with Crippen LogP contribution in [0, 0.1) is 22.5 Å². The first-order valence-corrected chi connectivity index (χ1v) is 4.51. The van der Waals surface area contributed by atoms with Crippen LogP contribution >= 0.6 is 0 Å². The first kappa shape index (κ1) is 11.7. The highest BCUT2D eigenvalue weighted by Crippen LogP contribution is 2.06. The number of hydrogen-bond acceptors (Lipinski definition) is 4. The molecule has 7 nitrogen and oxygen atoms in total. The summed E-state index contributed by atoms with van der Waals surface area (Å²) in [5.41, 5.74) is 0. The van der Waals surface area contributed by atoms with Crippen LogP contribution in [0.4, 0.5) is 5.95 Å². The predicted octanol–water partition coefficient (Wildman–Crippen LogP) is -0.0692. The Morgan fingerprint density at radius 1 is 1.75 bits per heavy atom. The Hall–Kier alpha value is -2.36. The van der Waals surface area contributed by atoms with Crippen LogP contribution in [0.25, 0.3) is 0 Å². The summed E-state index contributed by atoms with van der Waals surface area (Å²) in [5.74, 6) is 1.68. The van der Waals surface area contributed by atoms with E-state index in [0.29, 0.717) is 13.0 Å². The summed E-state index contributed by atoms with van der Waals surface area (Å²) < 4.78 is 1.16. The molecule has 1 rings (SSSR count). The molecule has 0 bridgehead atoms. The summed E-state index contributed by atoms with van der Waals surface area (Å²) in [6.45, 7) is 0.221. The van der Waals surface area contributed by atoms with Crippen molar-refractivity contribution >= 4 is 11.9 Å². The average molecular weight is 222 g/mol. The molecule has 1 heterocycles. The van der Waals surface area contributed by atoms with Crippen LogP contribution < -0.4 is 5.32 Å². The van der Waals surface area contributed by atoms with Gasteiger partial charge in [0.1, 0.15) is 12.4 Å². The largest absolute Gasteiger partial charge is 0.435 e. The number of hydrogen-bond donors (Lipinski definition) is 1. The number of imidazole rings is 1. The van der Waals surface area contributed by atoms with Gasteiger partial charge in [0.25, 0.3) is 5.91 Å². The smallest absolute Gasteiger partial charge is 0.390 e. The lowest BCUT2D eigenvalue weighted by Crippen LogP contribution is -2.28. The van der Waals surface area contributed by atoms with Gasteiger partial charge >= 0.3 is 5.95 Å². The van der Waals surface area contributed by atoms with Gasteiger partial charge in [0, 0.05) is 13.0 Å². The molecule has 7 heteroatoms. The van der Waals surface area contributed by atoms with Gasteiger partial charge in [-0.15, -0.1) is 12.3 Å². The van der Waals surface area contributed by atoms with E-state index in [2.05, 4.69) is 16.2 Å². The molecule has 1 aromatic rings. The second kappa shape index (κ2) is 5.50. The van der Waals surface area contributed by atoms with Crippen LogP contribution in [-0.2, 0) is 11.3 Å². The van der Waals surface area contributed by atoms with Gasteiger partial charge in [-0.3, -0.25) is 4.79 Å². The first-order valence-electron chi connectivity index (χ1n) is 4.51. The molecular weight excluding hydrogens is 212 g/mol. The number of nitrogens with one attached hydrogen (secondary N) is 1. The maximum atomic E-state index is 11.3. The van der Waals surface area contributed by atoms with Gasteiger partial charge in [-0.2, -0.15) is 0 Å². The SMILES string of the molecule is C#CCCNC(=O)Cn1ccnc1[N+](=O)[O-]. The fourth-order valence-corrected chi connectivity index (χ4v) is 1.08. The molecule has 0 unspecified atom stereocenters. The highest BCUT2D eigenvalue weighted by Gasteiger charge is 2.16. The summed E-state index contributed by atoms with van der Waals surface area (Å²) in [6.07, 6.45) is 8.08. The normalized spacial score (nSPS) is 9.44. The summed E-state index contributed by atoms with van der Waals surface area (Å²) in [4.78, 5) is 24.7. The van der Waals surface area contributed by atoms with Crippen LogP contribution in [0.15, 0.2) is 12.4 Å². The molecule has 0 aliphatic carbocycles. The molecule has 1 amide bonds. The molecule has 84 valence electrons. The fourth-order valence-electron chi connectivity index (χ4n) is 1.08. The number of terminal acetylenes is 1. The number of nitro groups is 1. The van der Waals surface area contributed by atoms with Crippen molar-refractivity contribution in [2.45, 2.75) is 13.0 Å². The molecule has 0 aliphatic heterocycles. The van der Waals surface area contributed by atoms with Crippen LogP contribution in [0.5, 0.6) is 0 Å². The molecule has 0 radical (unpaired) electrons. The number of nitrogens with zero attached hydrogens (tertiary/aromatic N) is 3. The van der Waals surface area contributed by atoms with Crippen molar-refractivity contribution in [2.75, 3.05) is 6.54 Å². The molecule has 0 fully saturated rings. The van der Waals surface area contributed by atoms with Crippen LogP contribution in [0.2, 0.25) is 0 Å². The number of aromatic nitrogens is 2. The molecule has 0 saturated heterocycles. The first-order chi connectivity index (χ1) is 7.65. The van der Waals surface area contributed by atoms with Gasteiger partial charge in [0.05, 0.1) is 0 Å². The zero-order valence-corrected chi connectivity index (χ0v) is 8.42. The standard InChI is InChI=1S/C9H10N4O3/c1-2-3-4-10-8(14)7-12-6-5-11-9(12)13(15)16/h1,5-6H,3-4,7H2,(H,10,14). The minimum absolute atomic E-state index is 0.138. The molecule has 1 aromatic heterocycles. The zero-order valence-electron chi connectivity index (χ0n) is 8.42. The Bertz CT molecular complexity index is 432. The molecular formula is C9H10N4O3. The van der Waals surface area contributed by atoms with E-state index >= 15 is 0 Å². The maximum absolute atomic E-state index is 11.3. The molecule has 0 saturated carbocycles.